The maximum absolute atomic E-state index is 14.5. The number of aryl methyl sites for hydroxylation is 2. The van der Waals surface area contributed by atoms with Crippen molar-refractivity contribution in [3.63, 3.8) is 0 Å². The van der Waals surface area contributed by atoms with Gasteiger partial charge in [-0.25, -0.2) is 4.79 Å². The average molecular weight is 518 g/mol. The summed E-state index contributed by atoms with van der Waals surface area (Å²) >= 11 is 0. The molecule has 1 aromatic rings. The van der Waals surface area contributed by atoms with Gasteiger partial charge in [0, 0.05) is 11.1 Å². The summed E-state index contributed by atoms with van der Waals surface area (Å²) in [7, 11) is 0. The van der Waals surface area contributed by atoms with Crippen LogP contribution < -0.4 is 10.6 Å². The number of ether oxygens (including phenoxy) is 1. The van der Waals surface area contributed by atoms with Crippen LogP contribution in [0.15, 0.2) is 18.2 Å². The van der Waals surface area contributed by atoms with Crippen molar-refractivity contribution >= 4 is 17.9 Å². The molecule has 0 saturated carbocycles. The standard InChI is InChI=1S/C30H51N3O4/c1-14-20(4)23(31-27(36)37-29(9,10)11)26(35)33(30(12,13)15-2)24(25(34)32-28(6,7)8)22-18-19(3)16-17-21(22)5/h16-18,20,23-24H,14-15H2,1-13H3,(H,31,36)(H,32,34). The second-order valence-corrected chi connectivity index (χ2v) is 12.9. The van der Waals surface area contributed by atoms with Crippen molar-refractivity contribution in [1.82, 2.24) is 15.5 Å². The van der Waals surface area contributed by atoms with E-state index in [1.54, 1.807) is 25.7 Å². The van der Waals surface area contributed by atoms with Gasteiger partial charge in [-0.05, 0) is 92.7 Å². The Morgan fingerprint density at radius 1 is 0.973 bits per heavy atom. The Kier molecular flexibility index (Phi) is 10.8. The molecule has 0 saturated heterocycles. The van der Waals surface area contributed by atoms with E-state index in [0.717, 1.165) is 16.7 Å². The lowest BCUT2D eigenvalue weighted by Crippen LogP contribution is -2.61. The van der Waals surface area contributed by atoms with Crippen molar-refractivity contribution < 1.29 is 19.1 Å². The Labute approximate surface area is 225 Å². The normalized spacial score (nSPS) is 14.8. The minimum atomic E-state index is -0.881. The summed E-state index contributed by atoms with van der Waals surface area (Å²) in [5.74, 6) is -0.738. The number of carbonyl (C=O) groups is 3. The van der Waals surface area contributed by atoms with Crippen molar-refractivity contribution in [2.24, 2.45) is 5.92 Å². The molecule has 3 atom stereocenters. The highest BCUT2D eigenvalue weighted by molar-refractivity contribution is 5.93. The van der Waals surface area contributed by atoms with Crippen molar-refractivity contribution in [3.8, 4) is 0 Å². The highest BCUT2D eigenvalue weighted by Gasteiger charge is 2.45. The second-order valence-electron chi connectivity index (χ2n) is 12.9. The highest BCUT2D eigenvalue weighted by atomic mass is 16.6. The first-order valence-electron chi connectivity index (χ1n) is 13.5. The maximum Gasteiger partial charge on any atom is 0.408 e. The quantitative estimate of drug-likeness (QED) is 0.407. The molecular formula is C30H51N3O4. The smallest absolute Gasteiger partial charge is 0.408 e. The third-order valence-electron chi connectivity index (χ3n) is 6.64. The fraction of sp³-hybridized carbons (Fsp3) is 0.700. The van der Waals surface area contributed by atoms with E-state index in [1.165, 1.54) is 0 Å². The Bertz CT molecular complexity index is 957. The molecule has 7 nitrogen and oxygen atoms in total. The van der Waals surface area contributed by atoms with Gasteiger partial charge in [-0.3, -0.25) is 9.59 Å². The fourth-order valence-electron chi connectivity index (χ4n) is 4.10. The van der Waals surface area contributed by atoms with E-state index in [9.17, 15) is 14.4 Å². The Morgan fingerprint density at radius 2 is 1.54 bits per heavy atom. The Hall–Kier alpha value is -2.57. The first kappa shape index (κ1) is 32.5. The number of nitrogens with zero attached hydrogens (tertiary/aromatic N) is 1. The Morgan fingerprint density at radius 3 is 2.00 bits per heavy atom. The first-order valence-corrected chi connectivity index (χ1v) is 13.5. The monoisotopic (exact) mass is 517 g/mol. The predicted octanol–water partition coefficient (Wildman–Crippen LogP) is 6.22. The van der Waals surface area contributed by atoms with Gasteiger partial charge >= 0.3 is 6.09 Å². The molecule has 3 unspecified atom stereocenters. The van der Waals surface area contributed by atoms with Crippen LogP contribution in [-0.4, -0.2) is 45.5 Å². The second kappa shape index (κ2) is 12.3. The topological polar surface area (TPSA) is 87.7 Å². The molecule has 0 heterocycles. The molecule has 1 rings (SSSR count). The number of hydrogen-bond acceptors (Lipinski definition) is 4. The summed E-state index contributed by atoms with van der Waals surface area (Å²) in [5, 5.41) is 5.94. The molecule has 0 aliphatic heterocycles. The lowest BCUT2D eigenvalue weighted by Gasteiger charge is -2.46. The van der Waals surface area contributed by atoms with Crippen molar-refractivity contribution in [2.45, 2.75) is 132 Å². The molecule has 0 aliphatic rings. The van der Waals surface area contributed by atoms with Gasteiger partial charge in [0.15, 0.2) is 0 Å². The van der Waals surface area contributed by atoms with Crippen LogP contribution in [0.3, 0.4) is 0 Å². The molecule has 3 amide bonds. The molecule has 0 radical (unpaired) electrons. The van der Waals surface area contributed by atoms with Crippen LogP contribution in [0.4, 0.5) is 4.79 Å². The van der Waals surface area contributed by atoms with E-state index < -0.39 is 34.9 Å². The van der Waals surface area contributed by atoms with Gasteiger partial charge in [-0.2, -0.15) is 0 Å². The number of rotatable bonds is 9. The first-order chi connectivity index (χ1) is 16.7. The number of nitrogens with one attached hydrogen (secondary N) is 2. The summed E-state index contributed by atoms with van der Waals surface area (Å²) in [4.78, 5) is 43.0. The van der Waals surface area contributed by atoms with E-state index in [0.29, 0.717) is 12.8 Å². The summed E-state index contributed by atoms with van der Waals surface area (Å²) < 4.78 is 5.50. The molecule has 0 bridgehead atoms. The van der Waals surface area contributed by atoms with Gasteiger partial charge in [0.25, 0.3) is 0 Å². The van der Waals surface area contributed by atoms with Gasteiger partial charge in [-0.1, -0.05) is 51.0 Å². The third-order valence-corrected chi connectivity index (χ3v) is 6.64. The van der Waals surface area contributed by atoms with Crippen molar-refractivity contribution in [3.05, 3.63) is 34.9 Å². The number of alkyl carbamates (subject to hydrolysis) is 1. The number of benzene rings is 1. The van der Waals surface area contributed by atoms with Gasteiger partial charge < -0.3 is 20.3 Å². The number of carbonyl (C=O) groups excluding carboxylic acids is 3. The number of amides is 3. The molecule has 37 heavy (non-hydrogen) atoms. The van der Waals surface area contributed by atoms with Crippen molar-refractivity contribution in [1.29, 1.82) is 0 Å². The van der Waals surface area contributed by atoms with Crippen LogP contribution in [0.1, 0.15) is 112 Å². The molecule has 2 N–H and O–H groups in total. The zero-order valence-corrected chi connectivity index (χ0v) is 25.5. The lowest BCUT2D eigenvalue weighted by atomic mass is 9.87. The molecule has 0 aliphatic carbocycles. The molecule has 0 aromatic heterocycles. The van der Waals surface area contributed by atoms with Crippen LogP contribution in [0.2, 0.25) is 0 Å². The zero-order valence-electron chi connectivity index (χ0n) is 25.5. The van der Waals surface area contributed by atoms with E-state index in [2.05, 4.69) is 10.6 Å². The van der Waals surface area contributed by atoms with Gasteiger partial charge in [-0.15, -0.1) is 0 Å². The van der Waals surface area contributed by atoms with Crippen molar-refractivity contribution in [2.75, 3.05) is 0 Å². The molecule has 7 heteroatoms. The van der Waals surface area contributed by atoms with Gasteiger partial charge in [0.2, 0.25) is 11.8 Å². The van der Waals surface area contributed by atoms with E-state index >= 15 is 0 Å². The van der Waals surface area contributed by atoms with Crippen LogP contribution in [0.25, 0.3) is 0 Å². The molecule has 1 aromatic carbocycles. The van der Waals surface area contributed by atoms with Crippen LogP contribution in [0.5, 0.6) is 0 Å². The molecule has 210 valence electrons. The van der Waals surface area contributed by atoms with Gasteiger partial charge in [0.05, 0.1) is 0 Å². The zero-order chi connectivity index (χ0) is 28.9. The minimum Gasteiger partial charge on any atom is -0.444 e. The van der Waals surface area contributed by atoms with Crippen LogP contribution >= 0.6 is 0 Å². The molecule has 0 spiro atoms. The summed E-state index contributed by atoms with van der Waals surface area (Å²) in [5.41, 5.74) is 0.809. The van der Waals surface area contributed by atoms with E-state index in [1.807, 2.05) is 87.4 Å². The molecule has 0 fully saturated rings. The molecular weight excluding hydrogens is 466 g/mol. The third kappa shape index (κ3) is 9.35. The van der Waals surface area contributed by atoms with Gasteiger partial charge in [0.1, 0.15) is 17.7 Å². The summed E-state index contributed by atoms with van der Waals surface area (Å²) in [6.45, 7) is 24.9. The van der Waals surface area contributed by atoms with E-state index in [-0.39, 0.29) is 17.7 Å². The minimum absolute atomic E-state index is 0.180. The SMILES string of the molecule is CCC(C)C(NC(=O)OC(C)(C)C)C(=O)N(C(C(=O)NC(C)(C)C)c1cc(C)ccc1C)C(C)(C)CC. The maximum atomic E-state index is 14.5. The summed E-state index contributed by atoms with van der Waals surface area (Å²) in [6, 6.07) is 4.22. The predicted molar refractivity (Wildman–Crippen MR) is 150 cm³/mol. The fourth-order valence-corrected chi connectivity index (χ4v) is 4.10. The summed E-state index contributed by atoms with van der Waals surface area (Å²) in [6.07, 6.45) is 0.625. The number of hydrogen-bond donors (Lipinski definition) is 2. The largest absolute Gasteiger partial charge is 0.444 e. The lowest BCUT2D eigenvalue weighted by molar-refractivity contribution is -0.151. The Balaban J connectivity index is 3.80. The average Bonchev–Trinajstić information content (AvgIpc) is 2.74. The van der Waals surface area contributed by atoms with E-state index in [4.69, 9.17) is 4.74 Å². The highest BCUT2D eigenvalue weighted by Crippen LogP contribution is 2.35. The van der Waals surface area contributed by atoms with Crippen LogP contribution in [0, 0.1) is 19.8 Å². The van der Waals surface area contributed by atoms with Crippen LogP contribution in [-0.2, 0) is 14.3 Å².